The van der Waals surface area contributed by atoms with E-state index in [2.05, 4.69) is 22.2 Å². The number of nitrogens with zero attached hydrogens (tertiary/aromatic N) is 3. The van der Waals surface area contributed by atoms with Gasteiger partial charge in [-0.15, -0.1) is 0 Å². The smallest absolute Gasteiger partial charge is 0.155 e. The molecule has 3 heteroatoms. The predicted molar refractivity (Wildman–Crippen MR) is 58.4 cm³/mol. The van der Waals surface area contributed by atoms with Crippen molar-refractivity contribution in [2.45, 2.75) is 0 Å². The number of benzene rings is 1. The van der Waals surface area contributed by atoms with E-state index >= 15 is 0 Å². The van der Waals surface area contributed by atoms with Crippen molar-refractivity contribution in [1.82, 2.24) is 14.6 Å². The molecule has 0 saturated heterocycles. The molecular weight excluding hydrogens is 186 g/mol. The van der Waals surface area contributed by atoms with E-state index in [0.717, 1.165) is 16.9 Å². The Balaban J connectivity index is 2.31. The third-order valence-electron chi connectivity index (χ3n) is 2.37. The zero-order chi connectivity index (χ0) is 10.1. The fraction of sp³-hybridized carbons (Fsp3) is 0. The molecule has 72 valence electrons. The van der Waals surface area contributed by atoms with E-state index in [0.29, 0.717) is 0 Å². The second-order valence-corrected chi connectivity index (χ2v) is 3.31. The van der Waals surface area contributed by atoms with Gasteiger partial charge in [0.15, 0.2) is 5.65 Å². The molecule has 3 rings (SSSR count). The molecule has 2 heterocycles. The summed E-state index contributed by atoms with van der Waals surface area (Å²) in [6.07, 6.45) is 1.57. The van der Waals surface area contributed by atoms with Crippen LogP contribution in [0.5, 0.6) is 0 Å². The highest BCUT2D eigenvalue weighted by atomic mass is 15.3. The van der Waals surface area contributed by atoms with Gasteiger partial charge in [-0.1, -0.05) is 36.4 Å². The largest absolute Gasteiger partial charge is 0.215 e. The van der Waals surface area contributed by atoms with Crippen molar-refractivity contribution >= 4 is 5.65 Å². The number of hydrogen-bond donors (Lipinski definition) is 0. The first-order valence-electron chi connectivity index (χ1n) is 4.79. The van der Waals surface area contributed by atoms with Gasteiger partial charge >= 0.3 is 0 Å². The van der Waals surface area contributed by atoms with Crippen molar-refractivity contribution in [3.8, 4) is 11.3 Å². The average Bonchev–Trinajstić information content (AvgIpc) is 2.78. The van der Waals surface area contributed by atoms with Gasteiger partial charge in [0.2, 0.25) is 0 Å². The number of fused-ring (bicyclic) bond motifs is 1. The summed E-state index contributed by atoms with van der Waals surface area (Å²) in [7, 11) is 0. The highest BCUT2D eigenvalue weighted by molar-refractivity contribution is 5.62. The number of rotatable bonds is 1. The van der Waals surface area contributed by atoms with Gasteiger partial charge in [-0.25, -0.2) is 9.50 Å². The van der Waals surface area contributed by atoms with Gasteiger partial charge in [0.25, 0.3) is 0 Å². The average molecular weight is 195 g/mol. The summed E-state index contributed by atoms with van der Waals surface area (Å²) in [6.45, 7) is 0. The Morgan fingerprint density at radius 1 is 0.867 bits per heavy atom. The Morgan fingerprint density at radius 3 is 2.60 bits per heavy atom. The van der Waals surface area contributed by atoms with E-state index in [-0.39, 0.29) is 0 Å². The molecule has 0 spiro atoms. The van der Waals surface area contributed by atoms with Gasteiger partial charge in [-0.3, -0.25) is 0 Å². The molecule has 0 saturated carbocycles. The second-order valence-electron chi connectivity index (χ2n) is 3.31. The van der Waals surface area contributed by atoms with Gasteiger partial charge < -0.3 is 0 Å². The maximum atomic E-state index is 4.20. The molecule has 0 N–H and O–H groups in total. The third-order valence-corrected chi connectivity index (χ3v) is 2.37. The first-order valence-corrected chi connectivity index (χ1v) is 4.79. The normalized spacial score (nSPS) is 10.7. The summed E-state index contributed by atoms with van der Waals surface area (Å²) in [5, 5.41) is 4.20. The van der Waals surface area contributed by atoms with Crippen molar-refractivity contribution in [1.29, 1.82) is 0 Å². The maximum absolute atomic E-state index is 4.20. The summed E-state index contributed by atoms with van der Waals surface area (Å²) in [4.78, 5) is 4.16. The Morgan fingerprint density at radius 2 is 1.73 bits per heavy atom. The highest BCUT2D eigenvalue weighted by Crippen LogP contribution is 2.18. The van der Waals surface area contributed by atoms with E-state index in [1.54, 1.807) is 6.33 Å². The van der Waals surface area contributed by atoms with Crippen LogP contribution in [0.3, 0.4) is 0 Å². The molecule has 3 aromatic rings. The lowest BCUT2D eigenvalue weighted by atomic mass is 10.1. The summed E-state index contributed by atoms with van der Waals surface area (Å²) < 4.78 is 1.84. The summed E-state index contributed by atoms with van der Waals surface area (Å²) in [5.74, 6) is 0. The van der Waals surface area contributed by atoms with E-state index in [4.69, 9.17) is 0 Å². The van der Waals surface area contributed by atoms with Crippen molar-refractivity contribution < 1.29 is 0 Å². The van der Waals surface area contributed by atoms with Crippen LogP contribution in [0.25, 0.3) is 16.9 Å². The van der Waals surface area contributed by atoms with Crippen LogP contribution >= 0.6 is 0 Å². The van der Waals surface area contributed by atoms with Crippen molar-refractivity contribution in [2.75, 3.05) is 0 Å². The van der Waals surface area contributed by atoms with Crippen LogP contribution in [0.4, 0.5) is 0 Å². The van der Waals surface area contributed by atoms with Crippen molar-refractivity contribution in [3.05, 3.63) is 54.9 Å². The zero-order valence-corrected chi connectivity index (χ0v) is 8.04. The van der Waals surface area contributed by atoms with Crippen LogP contribution in [0.15, 0.2) is 54.9 Å². The molecule has 3 nitrogen and oxygen atoms in total. The van der Waals surface area contributed by atoms with Gasteiger partial charge in [-0.2, -0.15) is 5.10 Å². The fourth-order valence-corrected chi connectivity index (χ4v) is 1.67. The lowest BCUT2D eigenvalue weighted by Crippen LogP contribution is -1.92. The quantitative estimate of drug-likeness (QED) is 0.596. The Kier molecular flexibility index (Phi) is 1.75. The lowest BCUT2D eigenvalue weighted by Gasteiger charge is -2.02. The molecule has 0 bridgehead atoms. The van der Waals surface area contributed by atoms with Crippen LogP contribution in [0, 0.1) is 0 Å². The van der Waals surface area contributed by atoms with Crippen LogP contribution in [-0.4, -0.2) is 14.6 Å². The molecule has 0 atom stereocenters. The molecular formula is C12H9N3. The minimum Gasteiger partial charge on any atom is -0.215 e. The van der Waals surface area contributed by atoms with Crippen LogP contribution in [0.1, 0.15) is 0 Å². The lowest BCUT2D eigenvalue weighted by molar-refractivity contribution is 0.969. The highest BCUT2D eigenvalue weighted by Gasteiger charge is 2.02. The topological polar surface area (TPSA) is 30.2 Å². The van der Waals surface area contributed by atoms with Crippen LogP contribution < -0.4 is 0 Å². The zero-order valence-electron chi connectivity index (χ0n) is 8.04. The minimum absolute atomic E-state index is 0.872. The summed E-state index contributed by atoms with van der Waals surface area (Å²) in [6, 6.07) is 16.1. The second kappa shape index (κ2) is 3.20. The molecule has 0 aliphatic carbocycles. The van der Waals surface area contributed by atoms with Crippen LogP contribution in [-0.2, 0) is 0 Å². The molecule has 15 heavy (non-hydrogen) atoms. The Bertz CT molecular complexity index is 584. The monoisotopic (exact) mass is 195 g/mol. The van der Waals surface area contributed by atoms with Gasteiger partial charge in [0, 0.05) is 5.56 Å². The maximum Gasteiger partial charge on any atom is 0.155 e. The standard InChI is InChI=1S/C12H9N3/c1-2-5-10(6-3-1)11-7-4-8-12-13-9-14-15(11)12/h1-9H. The van der Waals surface area contributed by atoms with Crippen molar-refractivity contribution in [3.63, 3.8) is 0 Å². The van der Waals surface area contributed by atoms with Gasteiger partial charge in [-0.05, 0) is 12.1 Å². The Hall–Kier alpha value is -2.16. The molecule has 0 aliphatic rings. The number of aromatic nitrogens is 3. The first-order chi connectivity index (χ1) is 7.45. The summed E-state index contributed by atoms with van der Waals surface area (Å²) in [5.41, 5.74) is 3.08. The van der Waals surface area contributed by atoms with E-state index < -0.39 is 0 Å². The van der Waals surface area contributed by atoms with Crippen LogP contribution in [0.2, 0.25) is 0 Å². The SMILES string of the molecule is c1ccc(-c2cccc3ncnn23)cc1. The molecule has 0 amide bonds. The third kappa shape index (κ3) is 1.29. The molecule has 0 radical (unpaired) electrons. The molecule has 1 aromatic carbocycles. The number of hydrogen-bond acceptors (Lipinski definition) is 2. The van der Waals surface area contributed by atoms with E-state index in [9.17, 15) is 0 Å². The van der Waals surface area contributed by atoms with Gasteiger partial charge in [0.1, 0.15) is 6.33 Å². The minimum atomic E-state index is 0.872. The molecule has 0 unspecified atom stereocenters. The van der Waals surface area contributed by atoms with E-state index in [1.807, 2.05) is 40.9 Å². The summed E-state index contributed by atoms with van der Waals surface area (Å²) >= 11 is 0. The molecule has 0 aliphatic heterocycles. The van der Waals surface area contributed by atoms with Gasteiger partial charge in [0.05, 0.1) is 5.69 Å². The fourth-order valence-electron chi connectivity index (χ4n) is 1.67. The van der Waals surface area contributed by atoms with Crippen molar-refractivity contribution in [2.24, 2.45) is 0 Å². The number of pyridine rings is 1. The molecule has 2 aromatic heterocycles. The van der Waals surface area contributed by atoms with E-state index in [1.165, 1.54) is 0 Å². The first kappa shape index (κ1) is 8.17. The molecule has 0 fully saturated rings. The predicted octanol–water partition coefficient (Wildman–Crippen LogP) is 2.40. The Labute approximate surface area is 87.0 Å².